The molecule has 0 radical (unpaired) electrons. The monoisotopic (exact) mass is 394 g/mol. The first-order valence-electron chi connectivity index (χ1n) is 9.30. The van der Waals surface area contributed by atoms with Crippen LogP contribution in [0.15, 0.2) is 24.3 Å². The molecule has 27 heavy (non-hydrogen) atoms. The number of carbonyl (C=O) groups excluding carboxylic acids is 2. The van der Waals surface area contributed by atoms with E-state index in [1.54, 1.807) is 0 Å². The van der Waals surface area contributed by atoms with Crippen LogP contribution in [0.2, 0.25) is 5.02 Å². The maximum atomic E-state index is 12.8. The van der Waals surface area contributed by atoms with Crippen molar-refractivity contribution in [1.29, 1.82) is 0 Å². The molecule has 1 aromatic carbocycles. The van der Waals surface area contributed by atoms with Crippen molar-refractivity contribution in [3.05, 3.63) is 34.9 Å². The molecule has 1 N–H and O–H groups in total. The normalized spacial score (nSPS) is 18.5. The van der Waals surface area contributed by atoms with Crippen LogP contribution in [0.1, 0.15) is 38.7 Å². The summed E-state index contributed by atoms with van der Waals surface area (Å²) in [6, 6.07) is 7.39. The van der Waals surface area contributed by atoms with E-state index in [0.717, 1.165) is 12.0 Å². The number of amides is 2. The van der Waals surface area contributed by atoms with Crippen molar-refractivity contribution in [2.75, 3.05) is 19.6 Å². The SMILES string of the molecule is CC(=O)N(CC(=O)O)C1CCCN(C(=O)C(C)Cc2cccc(Cl)c2)CC1. The lowest BCUT2D eigenvalue weighted by molar-refractivity contribution is -0.145. The second-order valence-electron chi connectivity index (χ2n) is 7.19. The predicted octanol–water partition coefficient (Wildman–Crippen LogP) is 2.83. The maximum absolute atomic E-state index is 12.8. The summed E-state index contributed by atoms with van der Waals surface area (Å²) in [5.41, 5.74) is 1.03. The summed E-state index contributed by atoms with van der Waals surface area (Å²) in [7, 11) is 0. The molecule has 2 atom stereocenters. The number of halogens is 1. The summed E-state index contributed by atoms with van der Waals surface area (Å²) < 4.78 is 0. The highest BCUT2D eigenvalue weighted by Crippen LogP contribution is 2.21. The van der Waals surface area contributed by atoms with Crippen molar-refractivity contribution < 1.29 is 19.5 Å². The van der Waals surface area contributed by atoms with Crippen LogP contribution in [0.4, 0.5) is 0 Å². The van der Waals surface area contributed by atoms with Crippen molar-refractivity contribution >= 4 is 29.4 Å². The zero-order valence-corrected chi connectivity index (χ0v) is 16.6. The lowest BCUT2D eigenvalue weighted by Gasteiger charge is -2.29. The van der Waals surface area contributed by atoms with E-state index in [1.807, 2.05) is 36.1 Å². The van der Waals surface area contributed by atoms with E-state index in [0.29, 0.717) is 37.4 Å². The summed E-state index contributed by atoms with van der Waals surface area (Å²) in [4.78, 5) is 38.9. The van der Waals surface area contributed by atoms with Gasteiger partial charge in [0.1, 0.15) is 6.54 Å². The van der Waals surface area contributed by atoms with E-state index in [4.69, 9.17) is 16.7 Å². The smallest absolute Gasteiger partial charge is 0.323 e. The molecule has 148 valence electrons. The molecule has 1 fully saturated rings. The number of aliphatic carboxylic acids is 1. The lowest BCUT2D eigenvalue weighted by atomic mass is 9.99. The Labute approximate surface area is 165 Å². The summed E-state index contributed by atoms with van der Waals surface area (Å²) in [5, 5.41) is 9.70. The first-order chi connectivity index (χ1) is 12.8. The van der Waals surface area contributed by atoms with E-state index in [9.17, 15) is 14.4 Å². The molecule has 1 aliphatic heterocycles. The van der Waals surface area contributed by atoms with Gasteiger partial charge < -0.3 is 14.9 Å². The molecule has 2 rings (SSSR count). The third-order valence-electron chi connectivity index (χ3n) is 5.01. The van der Waals surface area contributed by atoms with Crippen LogP contribution < -0.4 is 0 Å². The standard InChI is InChI=1S/C20H27ClN2O4/c1-14(11-16-5-3-6-17(21)12-16)20(27)22-9-4-7-18(8-10-22)23(15(2)24)13-19(25)26/h3,5-6,12,14,18H,4,7-11,13H2,1-2H3,(H,25,26). The van der Waals surface area contributed by atoms with Gasteiger partial charge in [0.25, 0.3) is 0 Å². The number of benzene rings is 1. The van der Waals surface area contributed by atoms with Gasteiger partial charge in [-0.1, -0.05) is 30.7 Å². The molecule has 2 amide bonds. The number of rotatable bonds is 6. The van der Waals surface area contributed by atoms with Crippen LogP contribution in [0.3, 0.4) is 0 Å². The second kappa shape index (κ2) is 9.74. The molecule has 1 saturated heterocycles. The van der Waals surface area contributed by atoms with Crippen molar-refractivity contribution in [1.82, 2.24) is 9.80 Å². The van der Waals surface area contributed by atoms with Crippen molar-refractivity contribution in [2.24, 2.45) is 5.92 Å². The number of hydrogen-bond donors (Lipinski definition) is 1. The quantitative estimate of drug-likeness (QED) is 0.804. The minimum atomic E-state index is -1.02. The molecule has 1 heterocycles. The number of likely N-dealkylation sites (tertiary alicyclic amines) is 1. The molecule has 0 aliphatic carbocycles. The van der Waals surface area contributed by atoms with Gasteiger partial charge in [0.15, 0.2) is 0 Å². The Bertz CT molecular complexity index is 694. The number of carbonyl (C=O) groups is 3. The van der Waals surface area contributed by atoms with E-state index in [2.05, 4.69) is 0 Å². The van der Waals surface area contributed by atoms with Crippen LogP contribution >= 0.6 is 11.6 Å². The van der Waals surface area contributed by atoms with Crippen LogP contribution in [0.25, 0.3) is 0 Å². The van der Waals surface area contributed by atoms with Gasteiger partial charge in [-0.05, 0) is 43.4 Å². The third-order valence-corrected chi connectivity index (χ3v) is 5.25. The number of nitrogens with zero attached hydrogens (tertiary/aromatic N) is 2. The molecule has 1 aromatic rings. The molecule has 6 nitrogen and oxygen atoms in total. The van der Waals surface area contributed by atoms with E-state index in [-0.39, 0.29) is 30.3 Å². The number of carboxylic acids is 1. The highest BCUT2D eigenvalue weighted by atomic mass is 35.5. The Morgan fingerprint density at radius 3 is 2.67 bits per heavy atom. The van der Waals surface area contributed by atoms with E-state index in [1.165, 1.54) is 11.8 Å². The largest absolute Gasteiger partial charge is 0.480 e. The molecule has 0 saturated carbocycles. The fourth-order valence-corrected chi connectivity index (χ4v) is 3.88. The molecule has 1 aliphatic rings. The van der Waals surface area contributed by atoms with Crippen LogP contribution in [0.5, 0.6) is 0 Å². The van der Waals surface area contributed by atoms with Crippen molar-refractivity contribution in [2.45, 2.75) is 45.6 Å². The summed E-state index contributed by atoms with van der Waals surface area (Å²) >= 11 is 6.02. The minimum Gasteiger partial charge on any atom is -0.480 e. The second-order valence-corrected chi connectivity index (χ2v) is 7.62. The molecule has 0 aromatic heterocycles. The van der Waals surface area contributed by atoms with Gasteiger partial charge >= 0.3 is 5.97 Å². The average Bonchev–Trinajstić information content (AvgIpc) is 2.84. The Morgan fingerprint density at radius 1 is 1.30 bits per heavy atom. The first kappa shape index (κ1) is 21.2. The zero-order chi connectivity index (χ0) is 20.0. The fraction of sp³-hybridized carbons (Fsp3) is 0.550. The summed E-state index contributed by atoms with van der Waals surface area (Å²) in [6.07, 6.45) is 2.68. The fourth-order valence-electron chi connectivity index (χ4n) is 3.67. The van der Waals surface area contributed by atoms with Crippen molar-refractivity contribution in [3.63, 3.8) is 0 Å². The molecular weight excluding hydrogens is 368 g/mol. The highest BCUT2D eigenvalue weighted by Gasteiger charge is 2.29. The Morgan fingerprint density at radius 2 is 2.04 bits per heavy atom. The topological polar surface area (TPSA) is 77.9 Å². The Kier molecular flexibility index (Phi) is 7.66. The minimum absolute atomic E-state index is 0.0863. The number of hydrogen-bond acceptors (Lipinski definition) is 3. The molecule has 2 unspecified atom stereocenters. The van der Waals surface area contributed by atoms with Gasteiger partial charge in [-0.3, -0.25) is 14.4 Å². The van der Waals surface area contributed by atoms with Crippen LogP contribution in [0, 0.1) is 5.92 Å². The predicted molar refractivity (Wildman–Crippen MR) is 104 cm³/mol. The van der Waals surface area contributed by atoms with Gasteiger partial charge in [-0.15, -0.1) is 0 Å². The molecule has 7 heteroatoms. The lowest BCUT2D eigenvalue weighted by Crippen LogP contribution is -2.43. The highest BCUT2D eigenvalue weighted by molar-refractivity contribution is 6.30. The average molecular weight is 395 g/mol. The first-order valence-corrected chi connectivity index (χ1v) is 9.68. The Hall–Kier alpha value is -2.08. The van der Waals surface area contributed by atoms with Crippen molar-refractivity contribution in [3.8, 4) is 0 Å². The van der Waals surface area contributed by atoms with Gasteiger partial charge in [-0.25, -0.2) is 0 Å². The molecule has 0 bridgehead atoms. The number of carboxylic acid groups (broad SMARTS) is 1. The van der Waals surface area contributed by atoms with Gasteiger partial charge in [0.2, 0.25) is 11.8 Å². The van der Waals surface area contributed by atoms with Gasteiger partial charge in [0, 0.05) is 37.0 Å². The van der Waals surface area contributed by atoms with Gasteiger partial charge in [0.05, 0.1) is 0 Å². The summed E-state index contributed by atoms with van der Waals surface area (Å²) in [5.74, 6) is -1.33. The van der Waals surface area contributed by atoms with E-state index < -0.39 is 5.97 Å². The molecular formula is C20H27ClN2O4. The van der Waals surface area contributed by atoms with Crippen LogP contribution in [-0.4, -0.2) is 58.4 Å². The van der Waals surface area contributed by atoms with Crippen LogP contribution in [-0.2, 0) is 20.8 Å². The zero-order valence-electron chi connectivity index (χ0n) is 15.9. The third kappa shape index (κ3) is 6.24. The van der Waals surface area contributed by atoms with E-state index >= 15 is 0 Å². The van der Waals surface area contributed by atoms with Gasteiger partial charge in [-0.2, -0.15) is 0 Å². The molecule has 0 spiro atoms. The summed E-state index contributed by atoms with van der Waals surface area (Å²) in [6.45, 7) is 4.18. The maximum Gasteiger partial charge on any atom is 0.323 e. The Balaban J connectivity index is 1.96.